The molecule has 0 saturated carbocycles. The molecule has 0 heterocycles. The van der Waals surface area contributed by atoms with E-state index in [-0.39, 0.29) is 17.3 Å². The maximum absolute atomic E-state index is 11.7. The first kappa shape index (κ1) is 18.8. The summed E-state index contributed by atoms with van der Waals surface area (Å²) in [5.41, 5.74) is 0.756. The second-order valence-electron chi connectivity index (χ2n) is 5.46. The predicted molar refractivity (Wildman–Crippen MR) is 92.8 cm³/mol. The lowest BCUT2D eigenvalue weighted by Crippen LogP contribution is -1.94. The molecule has 0 bridgehead atoms. The number of aliphatic hydroxyl groups excluding tert-OH is 1. The number of aliphatic hydroxyl groups is 1. The van der Waals surface area contributed by atoms with Crippen LogP contribution in [0.25, 0.3) is 6.08 Å². The summed E-state index contributed by atoms with van der Waals surface area (Å²) in [5.74, 6) is 0.281. The van der Waals surface area contributed by atoms with Crippen LogP contribution in [0.4, 0.5) is 0 Å². The standard InChI is InChI=1S/C19H26O4/c1-3-4-5-6-7-8-16(20)14-17(21)11-9-15-10-12-18(22)19(13-15)23-2/h9-14,21-22H,3-8H2,1-2H3/b11-9+,17-14-. The molecule has 0 atom stereocenters. The number of phenolic OH excluding ortho intramolecular Hbond substituents is 1. The van der Waals surface area contributed by atoms with Gasteiger partial charge < -0.3 is 14.9 Å². The van der Waals surface area contributed by atoms with E-state index in [0.29, 0.717) is 12.2 Å². The highest BCUT2D eigenvalue weighted by atomic mass is 16.5. The van der Waals surface area contributed by atoms with Gasteiger partial charge >= 0.3 is 0 Å². The van der Waals surface area contributed by atoms with E-state index in [1.807, 2.05) is 0 Å². The third-order valence-electron chi connectivity index (χ3n) is 3.49. The quantitative estimate of drug-likeness (QED) is 0.282. The fraction of sp³-hybridized carbons (Fsp3) is 0.421. The number of allylic oxidation sites excluding steroid dienone is 2. The topological polar surface area (TPSA) is 66.8 Å². The summed E-state index contributed by atoms with van der Waals surface area (Å²) >= 11 is 0. The second kappa shape index (κ2) is 10.5. The van der Waals surface area contributed by atoms with Gasteiger partial charge in [-0.15, -0.1) is 0 Å². The van der Waals surface area contributed by atoms with Gasteiger partial charge in [-0.25, -0.2) is 0 Å². The number of carbonyl (C=O) groups excluding carboxylic acids is 1. The van der Waals surface area contributed by atoms with Crippen LogP contribution in [-0.4, -0.2) is 23.1 Å². The van der Waals surface area contributed by atoms with Gasteiger partial charge in [0.05, 0.1) is 7.11 Å². The lowest BCUT2D eigenvalue weighted by Gasteiger charge is -2.03. The zero-order valence-corrected chi connectivity index (χ0v) is 13.9. The van der Waals surface area contributed by atoms with Gasteiger partial charge in [-0.1, -0.05) is 44.7 Å². The molecule has 1 aromatic carbocycles. The zero-order chi connectivity index (χ0) is 17.1. The van der Waals surface area contributed by atoms with Gasteiger partial charge in [0.15, 0.2) is 17.3 Å². The molecule has 0 aliphatic rings. The molecule has 0 spiro atoms. The molecule has 2 N–H and O–H groups in total. The van der Waals surface area contributed by atoms with Crippen LogP contribution in [0.5, 0.6) is 11.5 Å². The fourth-order valence-corrected chi connectivity index (χ4v) is 2.17. The first-order valence-electron chi connectivity index (χ1n) is 8.05. The largest absolute Gasteiger partial charge is 0.508 e. The van der Waals surface area contributed by atoms with Crippen molar-refractivity contribution in [3.8, 4) is 11.5 Å². The van der Waals surface area contributed by atoms with Crippen LogP contribution in [0.1, 0.15) is 51.0 Å². The van der Waals surface area contributed by atoms with E-state index in [4.69, 9.17) is 4.74 Å². The highest BCUT2D eigenvalue weighted by molar-refractivity contribution is 5.90. The summed E-state index contributed by atoms with van der Waals surface area (Å²) in [6.45, 7) is 2.15. The predicted octanol–water partition coefficient (Wildman–Crippen LogP) is 4.79. The van der Waals surface area contributed by atoms with E-state index >= 15 is 0 Å². The summed E-state index contributed by atoms with van der Waals surface area (Å²) in [6, 6.07) is 4.85. The van der Waals surface area contributed by atoms with Crippen molar-refractivity contribution >= 4 is 11.9 Å². The van der Waals surface area contributed by atoms with Crippen LogP contribution in [0.3, 0.4) is 0 Å². The molecule has 4 nitrogen and oxygen atoms in total. The molecule has 0 amide bonds. The van der Waals surface area contributed by atoms with Crippen molar-refractivity contribution in [1.29, 1.82) is 0 Å². The highest BCUT2D eigenvalue weighted by Crippen LogP contribution is 2.26. The van der Waals surface area contributed by atoms with E-state index in [1.165, 1.54) is 38.2 Å². The van der Waals surface area contributed by atoms with E-state index in [9.17, 15) is 15.0 Å². The molecule has 0 aromatic heterocycles. The minimum absolute atomic E-state index is 0.0580. The summed E-state index contributed by atoms with van der Waals surface area (Å²) < 4.78 is 5.01. The van der Waals surface area contributed by atoms with Crippen LogP contribution in [0, 0.1) is 0 Å². The van der Waals surface area contributed by atoms with Crippen LogP contribution in [0.2, 0.25) is 0 Å². The summed E-state index contributed by atoms with van der Waals surface area (Å²) in [6.07, 6.45) is 10.3. The van der Waals surface area contributed by atoms with Crippen molar-refractivity contribution in [2.24, 2.45) is 0 Å². The van der Waals surface area contributed by atoms with Crippen molar-refractivity contribution in [1.82, 2.24) is 0 Å². The number of carbonyl (C=O) groups is 1. The SMILES string of the molecule is CCCCCCCC(=O)/C=C(O)/C=C/c1ccc(O)c(OC)c1. The number of ether oxygens (including phenoxy) is 1. The number of hydrogen-bond acceptors (Lipinski definition) is 4. The molecule has 0 fully saturated rings. The van der Waals surface area contributed by atoms with E-state index in [0.717, 1.165) is 24.8 Å². The summed E-state index contributed by atoms with van der Waals surface area (Å²) in [4.78, 5) is 11.7. The first-order valence-corrected chi connectivity index (χ1v) is 8.05. The number of phenols is 1. The molecule has 0 unspecified atom stereocenters. The summed E-state index contributed by atoms with van der Waals surface area (Å²) in [5, 5.41) is 19.3. The number of methoxy groups -OCH3 is 1. The van der Waals surface area contributed by atoms with Gasteiger partial charge in [0, 0.05) is 12.5 Å². The molecule has 1 aromatic rings. The average Bonchev–Trinajstić information content (AvgIpc) is 2.54. The Balaban J connectivity index is 2.50. The number of aromatic hydroxyl groups is 1. The maximum Gasteiger partial charge on any atom is 0.161 e. The van der Waals surface area contributed by atoms with Crippen molar-refractivity contribution in [2.75, 3.05) is 7.11 Å². The number of benzene rings is 1. The molecule has 0 radical (unpaired) electrons. The Labute approximate surface area is 138 Å². The van der Waals surface area contributed by atoms with E-state index in [1.54, 1.807) is 18.2 Å². The average molecular weight is 318 g/mol. The van der Waals surface area contributed by atoms with Gasteiger partial charge in [0.25, 0.3) is 0 Å². The monoisotopic (exact) mass is 318 g/mol. The summed E-state index contributed by atoms with van der Waals surface area (Å²) in [7, 11) is 1.47. The smallest absolute Gasteiger partial charge is 0.161 e. The first-order chi connectivity index (χ1) is 11.1. The van der Waals surface area contributed by atoms with Gasteiger partial charge in [-0.3, -0.25) is 4.79 Å². The molecule has 23 heavy (non-hydrogen) atoms. The number of unbranched alkanes of at least 4 members (excludes halogenated alkanes) is 4. The molecule has 0 aliphatic heterocycles. The van der Waals surface area contributed by atoms with Gasteiger partial charge in [-0.2, -0.15) is 0 Å². The Hall–Kier alpha value is -2.23. The number of hydrogen-bond donors (Lipinski definition) is 2. The normalized spacial score (nSPS) is 11.8. The van der Waals surface area contributed by atoms with Gasteiger partial charge in [-0.05, 0) is 30.2 Å². The van der Waals surface area contributed by atoms with Crippen molar-refractivity contribution in [3.05, 3.63) is 41.7 Å². The molecule has 1 rings (SSSR count). The molecule has 4 heteroatoms. The third kappa shape index (κ3) is 7.54. The van der Waals surface area contributed by atoms with E-state index < -0.39 is 0 Å². The van der Waals surface area contributed by atoms with Crippen LogP contribution in [0.15, 0.2) is 36.1 Å². The van der Waals surface area contributed by atoms with Crippen LogP contribution in [-0.2, 0) is 4.79 Å². The Bertz CT molecular complexity index is 558. The highest BCUT2D eigenvalue weighted by Gasteiger charge is 2.02. The molecule has 0 aliphatic carbocycles. The lowest BCUT2D eigenvalue weighted by molar-refractivity contribution is -0.114. The second-order valence-corrected chi connectivity index (χ2v) is 5.46. The molecular formula is C19H26O4. The van der Waals surface area contributed by atoms with Crippen LogP contribution >= 0.6 is 0 Å². The number of ketones is 1. The van der Waals surface area contributed by atoms with Crippen molar-refractivity contribution in [3.63, 3.8) is 0 Å². The minimum atomic E-state index is -0.0735. The lowest BCUT2D eigenvalue weighted by atomic mass is 10.1. The van der Waals surface area contributed by atoms with Crippen molar-refractivity contribution in [2.45, 2.75) is 45.4 Å². The van der Waals surface area contributed by atoms with E-state index in [2.05, 4.69) is 6.92 Å². The number of rotatable bonds is 10. The Morgan fingerprint density at radius 2 is 1.96 bits per heavy atom. The van der Waals surface area contributed by atoms with Crippen LogP contribution < -0.4 is 4.74 Å². The maximum atomic E-state index is 11.7. The fourth-order valence-electron chi connectivity index (χ4n) is 2.17. The Morgan fingerprint density at radius 1 is 1.22 bits per heavy atom. The van der Waals surface area contributed by atoms with Gasteiger partial charge in [0.1, 0.15) is 5.76 Å². The Kier molecular flexibility index (Phi) is 8.58. The molecule has 0 saturated heterocycles. The Morgan fingerprint density at radius 3 is 2.65 bits per heavy atom. The molecular weight excluding hydrogens is 292 g/mol. The minimum Gasteiger partial charge on any atom is -0.508 e. The zero-order valence-electron chi connectivity index (χ0n) is 13.9. The third-order valence-corrected chi connectivity index (χ3v) is 3.49. The van der Waals surface area contributed by atoms with Gasteiger partial charge in [0.2, 0.25) is 0 Å². The molecule has 126 valence electrons. The van der Waals surface area contributed by atoms with Crippen molar-refractivity contribution < 1.29 is 19.7 Å².